The molecular weight excluding hydrogens is 532 g/mol. The first-order chi connectivity index (χ1) is 18.8. The van der Waals surface area contributed by atoms with Gasteiger partial charge >= 0.3 is 0 Å². The molecule has 4 aromatic carbocycles. The van der Waals surface area contributed by atoms with E-state index in [0.29, 0.717) is 34.8 Å². The van der Waals surface area contributed by atoms with Crippen molar-refractivity contribution in [1.29, 1.82) is 0 Å². The fourth-order valence-electron chi connectivity index (χ4n) is 4.73. The molecule has 1 aliphatic rings. The van der Waals surface area contributed by atoms with Crippen molar-refractivity contribution in [3.8, 4) is 0 Å². The van der Waals surface area contributed by atoms with Gasteiger partial charge < -0.3 is 5.32 Å². The zero-order valence-corrected chi connectivity index (χ0v) is 22.7. The average molecular weight is 559 g/mol. The molecule has 1 N–H and O–H groups in total. The molecule has 0 fully saturated rings. The van der Waals surface area contributed by atoms with Crippen LogP contribution in [0.15, 0.2) is 102 Å². The second kappa shape index (κ2) is 11.4. The van der Waals surface area contributed by atoms with E-state index >= 15 is 0 Å². The molecule has 1 heterocycles. The fourth-order valence-corrected chi connectivity index (χ4v) is 6.45. The largest absolute Gasteiger partial charge is 0.325 e. The molecule has 6 nitrogen and oxygen atoms in total. The number of fused-ring (bicyclic) bond motifs is 1. The number of nitrogens with one attached hydrogen (secondary N) is 1. The van der Waals surface area contributed by atoms with Crippen molar-refractivity contribution in [3.63, 3.8) is 0 Å². The number of carbonyl (C=O) groups is 2. The molecule has 0 aliphatic carbocycles. The maximum atomic E-state index is 13.4. The number of nitrogens with zero attached hydrogens (tertiary/aromatic N) is 1. The molecule has 198 valence electrons. The van der Waals surface area contributed by atoms with Crippen molar-refractivity contribution < 1.29 is 18.0 Å². The number of benzene rings is 4. The lowest BCUT2D eigenvalue weighted by Gasteiger charge is -2.30. The van der Waals surface area contributed by atoms with Gasteiger partial charge in [0.25, 0.3) is 10.0 Å². The lowest BCUT2D eigenvalue weighted by atomic mass is 10.0. The monoisotopic (exact) mass is 558 g/mol. The summed E-state index contributed by atoms with van der Waals surface area (Å²) in [5.74, 6) is -0.498. The summed E-state index contributed by atoms with van der Waals surface area (Å²) in [5, 5.41) is 3.22. The van der Waals surface area contributed by atoms with Gasteiger partial charge in [-0.1, -0.05) is 72.3 Å². The van der Waals surface area contributed by atoms with E-state index in [0.717, 1.165) is 29.7 Å². The molecule has 0 radical (unpaired) electrons. The van der Waals surface area contributed by atoms with Crippen molar-refractivity contribution in [2.45, 2.75) is 30.6 Å². The molecule has 4 aromatic rings. The van der Waals surface area contributed by atoms with Gasteiger partial charge in [-0.15, -0.1) is 0 Å². The highest BCUT2D eigenvalue weighted by molar-refractivity contribution is 7.92. The van der Waals surface area contributed by atoms with Crippen LogP contribution in [0.3, 0.4) is 0 Å². The molecule has 0 saturated carbocycles. The summed E-state index contributed by atoms with van der Waals surface area (Å²) >= 11 is 6.13. The summed E-state index contributed by atoms with van der Waals surface area (Å²) < 4.78 is 28.2. The topological polar surface area (TPSA) is 83.6 Å². The molecule has 1 aliphatic heterocycles. The van der Waals surface area contributed by atoms with Gasteiger partial charge in [0.05, 0.1) is 16.3 Å². The summed E-state index contributed by atoms with van der Waals surface area (Å²) in [7, 11) is -3.69. The molecule has 0 saturated heterocycles. The first kappa shape index (κ1) is 26.7. The Morgan fingerprint density at radius 3 is 2.36 bits per heavy atom. The molecule has 0 spiro atoms. The third-order valence-electron chi connectivity index (χ3n) is 6.76. The summed E-state index contributed by atoms with van der Waals surface area (Å²) in [6, 6.07) is 27.8. The maximum absolute atomic E-state index is 13.4. The molecule has 39 heavy (non-hydrogen) atoms. The number of para-hydroxylation sites is 1. The minimum atomic E-state index is -3.69. The van der Waals surface area contributed by atoms with E-state index in [1.807, 2.05) is 30.3 Å². The second-order valence-corrected chi connectivity index (χ2v) is 11.7. The van der Waals surface area contributed by atoms with Crippen molar-refractivity contribution in [2.24, 2.45) is 0 Å². The zero-order valence-electron chi connectivity index (χ0n) is 21.1. The number of anilines is 2. The summed E-state index contributed by atoms with van der Waals surface area (Å²) in [5.41, 5.74) is 3.80. The smallest absolute Gasteiger partial charge is 0.264 e. The number of amides is 1. The van der Waals surface area contributed by atoms with E-state index in [-0.39, 0.29) is 23.0 Å². The van der Waals surface area contributed by atoms with Crippen molar-refractivity contribution >= 4 is 44.7 Å². The van der Waals surface area contributed by atoms with Gasteiger partial charge in [-0.25, -0.2) is 8.42 Å². The normalized spacial score (nSPS) is 13.0. The van der Waals surface area contributed by atoms with Crippen LogP contribution < -0.4 is 9.62 Å². The van der Waals surface area contributed by atoms with Gasteiger partial charge in [-0.3, -0.25) is 13.9 Å². The highest BCUT2D eigenvalue weighted by Crippen LogP contribution is 2.32. The number of hydrogen-bond acceptors (Lipinski definition) is 4. The van der Waals surface area contributed by atoms with Crippen molar-refractivity contribution in [1.82, 2.24) is 0 Å². The predicted molar refractivity (Wildman–Crippen MR) is 154 cm³/mol. The van der Waals surface area contributed by atoms with Crippen LogP contribution in [0.2, 0.25) is 5.02 Å². The number of ketones is 1. The molecule has 0 atom stereocenters. The highest BCUT2D eigenvalue weighted by Gasteiger charge is 2.28. The van der Waals surface area contributed by atoms with E-state index in [2.05, 4.69) is 5.32 Å². The van der Waals surface area contributed by atoms with Crippen molar-refractivity contribution in [3.05, 3.63) is 124 Å². The van der Waals surface area contributed by atoms with Crippen LogP contribution in [0.5, 0.6) is 0 Å². The summed E-state index contributed by atoms with van der Waals surface area (Å²) in [6.45, 7) is 0.445. The van der Waals surface area contributed by atoms with Crippen LogP contribution in [0, 0.1) is 0 Å². The van der Waals surface area contributed by atoms with Gasteiger partial charge in [0.1, 0.15) is 0 Å². The van der Waals surface area contributed by atoms with Crippen LogP contribution in [0.4, 0.5) is 11.4 Å². The van der Waals surface area contributed by atoms with Crippen LogP contribution in [0.25, 0.3) is 0 Å². The lowest BCUT2D eigenvalue weighted by molar-refractivity contribution is -0.116. The Kier molecular flexibility index (Phi) is 7.82. The Morgan fingerprint density at radius 1 is 0.872 bits per heavy atom. The van der Waals surface area contributed by atoms with Gasteiger partial charge in [-0.05, 0) is 66.8 Å². The predicted octanol–water partition coefficient (Wildman–Crippen LogP) is 6.28. The van der Waals surface area contributed by atoms with Crippen molar-refractivity contribution in [2.75, 3.05) is 16.2 Å². The Balaban J connectivity index is 1.25. The Bertz CT molecular complexity index is 1620. The Morgan fingerprint density at radius 2 is 1.59 bits per heavy atom. The Labute approximate surface area is 233 Å². The van der Waals surface area contributed by atoms with Gasteiger partial charge in [0.2, 0.25) is 5.91 Å². The number of rotatable bonds is 8. The number of carbonyl (C=O) groups excluding carboxylic acids is 2. The zero-order chi connectivity index (χ0) is 27.4. The first-order valence-corrected chi connectivity index (χ1v) is 14.5. The fraction of sp³-hybridized carbons (Fsp3) is 0.161. The molecule has 8 heteroatoms. The van der Waals surface area contributed by atoms with E-state index in [9.17, 15) is 18.0 Å². The van der Waals surface area contributed by atoms with Gasteiger partial charge in [0.15, 0.2) is 5.78 Å². The molecule has 0 bridgehead atoms. The summed E-state index contributed by atoms with van der Waals surface area (Å²) in [4.78, 5) is 26.0. The molecule has 5 rings (SSSR count). The molecule has 0 aromatic heterocycles. The number of sulfonamides is 1. The minimum Gasteiger partial charge on any atom is -0.325 e. The average Bonchev–Trinajstić information content (AvgIpc) is 2.97. The van der Waals surface area contributed by atoms with Crippen LogP contribution in [-0.2, 0) is 27.7 Å². The molecular formula is C31H27ClN2O4S. The van der Waals surface area contributed by atoms with E-state index in [4.69, 9.17) is 11.6 Å². The van der Waals surface area contributed by atoms with E-state index < -0.39 is 10.0 Å². The van der Waals surface area contributed by atoms with Gasteiger partial charge in [-0.2, -0.15) is 0 Å². The highest BCUT2D eigenvalue weighted by atomic mass is 35.5. The summed E-state index contributed by atoms with van der Waals surface area (Å²) in [6.07, 6.45) is 2.21. The molecule has 0 unspecified atom stereocenters. The van der Waals surface area contributed by atoms with E-state index in [1.54, 1.807) is 66.7 Å². The second-order valence-electron chi connectivity index (χ2n) is 9.39. The standard InChI is InChI=1S/C31H27ClN2O4S/c32-25-15-18-28(27(21-25)31(36)24-8-2-1-3-9-24)33-30(35)19-14-22-12-16-26(17-13-22)39(37,38)34-20-6-10-23-7-4-5-11-29(23)34/h1-5,7-9,11-13,15-18,21H,6,10,14,19-20H2,(H,33,35). The number of aryl methyl sites for hydroxylation is 2. The number of hydrogen-bond donors (Lipinski definition) is 1. The van der Waals surface area contributed by atoms with E-state index in [1.165, 1.54) is 4.31 Å². The third-order valence-corrected chi connectivity index (χ3v) is 8.82. The van der Waals surface area contributed by atoms with Crippen LogP contribution in [0.1, 0.15) is 39.9 Å². The quantitative estimate of drug-likeness (QED) is 0.258. The number of halogens is 1. The maximum Gasteiger partial charge on any atom is 0.264 e. The lowest BCUT2D eigenvalue weighted by Crippen LogP contribution is -2.35. The SMILES string of the molecule is O=C(CCc1ccc(S(=O)(=O)N2CCCc3ccccc32)cc1)Nc1ccc(Cl)cc1C(=O)c1ccccc1. The minimum absolute atomic E-state index is 0.160. The first-order valence-electron chi connectivity index (χ1n) is 12.7. The van der Waals surface area contributed by atoms with Crippen LogP contribution >= 0.6 is 11.6 Å². The Hall–Kier alpha value is -3.94. The van der Waals surface area contributed by atoms with Gasteiger partial charge in [0, 0.05) is 29.1 Å². The third kappa shape index (κ3) is 5.90. The van der Waals surface area contributed by atoms with Crippen LogP contribution in [-0.4, -0.2) is 26.7 Å². The molecule has 1 amide bonds.